The monoisotopic (exact) mass is 511 g/mol. The van der Waals surface area contributed by atoms with E-state index >= 15 is 0 Å². The van der Waals surface area contributed by atoms with Gasteiger partial charge in [-0.1, -0.05) is 5.21 Å². The van der Waals surface area contributed by atoms with Crippen LogP contribution in [0.5, 0.6) is 0 Å². The molecule has 3 heterocycles. The number of aromatic nitrogens is 3. The Balaban J connectivity index is 0.00000408. The zero-order valence-electron chi connectivity index (χ0n) is 18.9. The van der Waals surface area contributed by atoms with Crippen molar-refractivity contribution in [2.24, 2.45) is 0 Å². The minimum Gasteiger partial charge on any atom is -0.724 e. The number of rotatable bonds is 8. The minimum atomic E-state index is -5.13. The molecule has 2 aliphatic heterocycles. The summed E-state index contributed by atoms with van der Waals surface area (Å²) < 4.78 is 43.0. The van der Waals surface area contributed by atoms with Crippen molar-refractivity contribution < 1.29 is 70.8 Å². The zero-order chi connectivity index (χ0) is 24.4. The minimum absolute atomic E-state index is 0. The second-order valence-corrected chi connectivity index (χ2v) is 8.92. The first-order chi connectivity index (χ1) is 15.3. The zero-order valence-corrected chi connectivity index (χ0v) is 21.7. The molecule has 1 atom stereocenters. The molecular weight excluding hydrogens is 489 g/mol. The van der Waals surface area contributed by atoms with Crippen LogP contribution in [-0.2, 0) is 24.3 Å². The number of nitrogens with zero attached hydrogens (tertiary/aromatic N) is 5. The van der Waals surface area contributed by atoms with E-state index in [-0.39, 0.29) is 61.5 Å². The van der Waals surface area contributed by atoms with Gasteiger partial charge in [0.2, 0.25) is 10.4 Å². The van der Waals surface area contributed by atoms with Crippen LogP contribution in [-0.4, -0.2) is 93.8 Å². The SMILES string of the molecule is CC(C)(C)OC(=O)NCCONC(=O)c1cn(C2=CC3CN(C2)C(=O)N3OS(=O)(=O)[O-])nn1.[Na+]. The molecule has 16 nitrogen and oxygen atoms in total. The summed E-state index contributed by atoms with van der Waals surface area (Å²) in [5, 5.41) is 10.5. The summed E-state index contributed by atoms with van der Waals surface area (Å²) in [5.74, 6) is -0.711. The van der Waals surface area contributed by atoms with Gasteiger partial charge in [-0.05, 0) is 26.8 Å². The number of carbonyl (C=O) groups excluding carboxylic acids is 3. The summed E-state index contributed by atoms with van der Waals surface area (Å²) in [4.78, 5) is 42.0. The standard InChI is InChI=1S/C16H23N7O9S.Na/c1-16(2,3)31-14(25)17-4-5-30-19-13(24)12-9-22(20-18-12)10-6-11-8-21(7-10)15(26)23(11)32-33(27,28)29;/h6,9,11H,4-5,7-8H2,1-3H3,(H,17,25)(H,19,24)(H,27,28,29);/q;+1/p-1. The number of nitrogens with one attached hydrogen (secondary N) is 2. The Morgan fingerprint density at radius 1 is 1.32 bits per heavy atom. The van der Waals surface area contributed by atoms with E-state index in [1.807, 2.05) is 0 Å². The van der Waals surface area contributed by atoms with E-state index in [0.29, 0.717) is 10.8 Å². The molecule has 0 aromatic carbocycles. The number of carbonyl (C=O) groups is 3. The van der Waals surface area contributed by atoms with Crippen molar-refractivity contribution in [2.45, 2.75) is 32.4 Å². The Bertz CT molecular complexity index is 1070. The Morgan fingerprint density at radius 3 is 2.68 bits per heavy atom. The van der Waals surface area contributed by atoms with E-state index in [1.165, 1.54) is 21.9 Å². The van der Waals surface area contributed by atoms with E-state index in [0.717, 1.165) is 0 Å². The molecule has 4 amide bonds. The van der Waals surface area contributed by atoms with Gasteiger partial charge in [-0.3, -0.25) is 9.63 Å². The van der Waals surface area contributed by atoms with E-state index in [2.05, 4.69) is 25.4 Å². The van der Waals surface area contributed by atoms with Crippen molar-refractivity contribution in [3.63, 3.8) is 0 Å². The summed E-state index contributed by atoms with van der Waals surface area (Å²) >= 11 is 0. The number of fused-ring (bicyclic) bond motifs is 2. The van der Waals surface area contributed by atoms with Crippen molar-refractivity contribution in [2.75, 3.05) is 26.2 Å². The van der Waals surface area contributed by atoms with Gasteiger partial charge in [0, 0.05) is 13.1 Å². The first kappa shape index (κ1) is 28.0. The van der Waals surface area contributed by atoms with Gasteiger partial charge in [0.15, 0.2) is 5.69 Å². The molecule has 2 N–H and O–H groups in total. The molecule has 1 aromatic rings. The van der Waals surface area contributed by atoms with E-state index in [4.69, 9.17) is 9.57 Å². The van der Waals surface area contributed by atoms with Crippen LogP contribution >= 0.6 is 0 Å². The Hall–Kier alpha value is -2.28. The van der Waals surface area contributed by atoms with Gasteiger partial charge < -0.3 is 19.5 Å². The molecule has 0 aliphatic carbocycles. The molecule has 0 radical (unpaired) electrons. The van der Waals surface area contributed by atoms with Crippen LogP contribution in [0.3, 0.4) is 0 Å². The van der Waals surface area contributed by atoms with Crippen LogP contribution in [0.15, 0.2) is 12.3 Å². The van der Waals surface area contributed by atoms with Gasteiger partial charge in [0.25, 0.3) is 5.91 Å². The predicted octanol–water partition coefficient (Wildman–Crippen LogP) is -4.18. The Labute approximate surface area is 216 Å². The van der Waals surface area contributed by atoms with Gasteiger partial charge in [-0.25, -0.2) is 28.2 Å². The molecule has 34 heavy (non-hydrogen) atoms. The first-order valence-corrected chi connectivity index (χ1v) is 10.9. The number of amides is 4. The van der Waals surface area contributed by atoms with Gasteiger partial charge in [-0.2, -0.15) is 9.35 Å². The number of alkyl carbamates (subject to hydrolysis) is 1. The second kappa shape index (κ2) is 11.0. The summed E-state index contributed by atoms with van der Waals surface area (Å²) in [5.41, 5.74) is 1.81. The molecular formula is C16H22N7NaO9S. The molecule has 2 bridgehead atoms. The van der Waals surface area contributed by atoms with Crippen molar-refractivity contribution in [3.8, 4) is 0 Å². The van der Waals surface area contributed by atoms with Gasteiger partial charge >= 0.3 is 41.7 Å². The summed E-state index contributed by atoms with van der Waals surface area (Å²) in [7, 11) is -5.13. The number of urea groups is 1. The average Bonchev–Trinajstić information content (AvgIpc) is 3.25. The smallest absolute Gasteiger partial charge is 0.724 e. The molecule has 1 saturated heterocycles. The maximum absolute atomic E-state index is 12.2. The fraction of sp³-hybridized carbons (Fsp3) is 0.562. The summed E-state index contributed by atoms with van der Waals surface area (Å²) in [6.45, 7) is 5.34. The molecule has 0 spiro atoms. The van der Waals surface area contributed by atoms with Crippen LogP contribution in [0, 0.1) is 0 Å². The number of hydrogen-bond acceptors (Lipinski definition) is 11. The van der Waals surface area contributed by atoms with Gasteiger partial charge in [0.05, 0.1) is 25.0 Å². The fourth-order valence-electron chi connectivity index (χ4n) is 2.91. The molecule has 1 aromatic heterocycles. The maximum atomic E-state index is 12.2. The molecule has 0 saturated carbocycles. The fourth-order valence-corrected chi connectivity index (χ4v) is 3.28. The predicted molar refractivity (Wildman–Crippen MR) is 105 cm³/mol. The average molecular weight is 511 g/mol. The molecule has 182 valence electrons. The molecule has 18 heteroatoms. The van der Waals surface area contributed by atoms with E-state index in [1.54, 1.807) is 20.8 Å². The third-order valence-electron chi connectivity index (χ3n) is 4.13. The van der Waals surface area contributed by atoms with Crippen molar-refractivity contribution >= 4 is 34.1 Å². The number of hydroxylamine groups is 3. The van der Waals surface area contributed by atoms with Crippen LogP contribution < -0.4 is 40.4 Å². The first-order valence-electron chi connectivity index (χ1n) is 9.58. The van der Waals surface area contributed by atoms with E-state index < -0.39 is 40.1 Å². The largest absolute Gasteiger partial charge is 1.00 e. The number of ether oxygens (including phenoxy) is 1. The Morgan fingerprint density at radius 2 is 2.03 bits per heavy atom. The van der Waals surface area contributed by atoms with Crippen molar-refractivity contribution in [1.82, 2.24) is 35.8 Å². The third kappa shape index (κ3) is 7.62. The van der Waals surface area contributed by atoms with Gasteiger partial charge in [-0.15, -0.1) is 5.10 Å². The van der Waals surface area contributed by atoms with Gasteiger partial charge in [0.1, 0.15) is 11.6 Å². The normalized spacial score (nSPS) is 17.7. The van der Waals surface area contributed by atoms with Crippen LogP contribution in [0.4, 0.5) is 9.59 Å². The molecule has 1 fully saturated rings. The molecule has 3 rings (SSSR count). The summed E-state index contributed by atoms with van der Waals surface area (Å²) in [6.07, 6.45) is 2.12. The van der Waals surface area contributed by atoms with Crippen LogP contribution in [0.2, 0.25) is 0 Å². The summed E-state index contributed by atoms with van der Waals surface area (Å²) in [6, 6.07) is -1.63. The quantitative estimate of drug-likeness (QED) is 0.113. The van der Waals surface area contributed by atoms with Crippen LogP contribution in [0.1, 0.15) is 31.3 Å². The molecule has 1 unspecified atom stereocenters. The maximum Gasteiger partial charge on any atom is 1.00 e. The third-order valence-corrected chi connectivity index (χ3v) is 4.48. The van der Waals surface area contributed by atoms with Crippen molar-refractivity contribution in [1.29, 1.82) is 0 Å². The Kier molecular flexibility index (Phi) is 9.03. The number of hydrogen-bond donors (Lipinski definition) is 2. The van der Waals surface area contributed by atoms with Crippen LogP contribution in [0.25, 0.3) is 5.70 Å². The second-order valence-electron chi connectivity index (χ2n) is 7.95. The van der Waals surface area contributed by atoms with Crippen molar-refractivity contribution in [3.05, 3.63) is 18.0 Å². The topological polar surface area (TPSA) is 197 Å². The molecule has 2 aliphatic rings. The van der Waals surface area contributed by atoms with E-state index in [9.17, 15) is 27.4 Å².